The van der Waals surface area contributed by atoms with Gasteiger partial charge in [-0.15, -0.1) is 11.8 Å². The molecule has 1 saturated carbocycles. The molecule has 0 bridgehead atoms. The van der Waals surface area contributed by atoms with Gasteiger partial charge in [0.25, 0.3) is 0 Å². The van der Waals surface area contributed by atoms with E-state index in [9.17, 15) is 9.59 Å². The number of pyridine rings is 1. The third kappa shape index (κ3) is 5.10. The Hall–Kier alpha value is -2.34. The maximum atomic E-state index is 13.2. The van der Waals surface area contributed by atoms with E-state index >= 15 is 0 Å². The van der Waals surface area contributed by atoms with Gasteiger partial charge in [0.2, 0.25) is 11.8 Å². The van der Waals surface area contributed by atoms with E-state index in [1.165, 1.54) is 6.92 Å². The summed E-state index contributed by atoms with van der Waals surface area (Å²) in [5, 5.41) is 2.56. The lowest BCUT2D eigenvalue weighted by Gasteiger charge is -2.31. The van der Waals surface area contributed by atoms with Crippen LogP contribution in [0.4, 0.5) is 5.69 Å². The standard InChI is InChI=1S/C21H25N3O2S/c1-14(20-6-4-5-13-22-20)24(18-9-10-18)21(26)15(2)27-19-11-7-17(8-12-19)23-16(3)25/h4-8,11-15,18H,9-10H2,1-3H3,(H,23,25). The summed E-state index contributed by atoms with van der Waals surface area (Å²) >= 11 is 1.54. The van der Waals surface area contributed by atoms with E-state index < -0.39 is 0 Å². The van der Waals surface area contributed by atoms with Crippen LogP contribution in [0.3, 0.4) is 0 Å². The Balaban J connectivity index is 1.68. The van der Waals surface area contributed by atoms with Crippen LogP contribution >= 0.6 is 11.8 Å². The van der Waals surface area contributed by atoms with E-state index in [2.05, 4.69) is 17.2 Å². The summed E-state index contributed by atoms with van der Waals surface area (Å²) < 4.78 is 0. The molecule has 1 aliphatic carbocycles. The molecule has 1 aromatic carbocycles. The average molecular weight is 384 g/mol. The zero-order valence-electron chi connectivity index (χ0n) is 15.9. The molecule has 2 amide bonds. The molecular weight excluding hydrogens is 358 g/mol. The summed E-state index contributed by atoms with van der Waals surface area (Å²) in [6.45, 7) is 5.49. The van der Waals surface area contributed by atoms with E-state index in [-0.39, 0.29) is 23.1 Å². The number of aromatic nitrogens is 1. The van der Waals surface area contributed by atoms with Crippen molar-refractivity contribution >= 4 is 29.3 Å². The zero-order valence-corrected chi connectivity index (χ0v) is 16.7. The highest BCUT2D eigenvalue weighted by atomic mass is 32.2. The highest BCUT2D eigenvalue weighted by Crippen LogP contribution is 2.36. The normalized spacial score (nSPS) is 15.7. The summed E-state index contributed by atoms with van der Waals surface area (Å²) in [5.74, 6) is 0.0501. The van der Waals surface area contributed by atoms with Crippen molar-refractivity contribution in [2.24, 2.45) is 0 Å². The van der Waals surface area contributed by atoms with Crippen LogP contribution in [0, 0.1) is 0 Å². The second-order valence-electron chi connectivity index (χ2n) is 6.87. The minimum atomic E-state index is -0.191. The van der Waals surface area contributed by atoms with Crippen molar-refractivity contribution in [3.05, 3.63) is 54.4 Å². The molecule has 0 spiro atoms. The van der Waals surface area contributed by atoms with Gasteiger partial charge in [-0.2, -0.15) is 0 Å². The molecule has 0 radical (unpaired) electrons. The molecule has 2 aromatic rings. The Morgan fingerprint density at radius 1 is 1.15 bits per heavy atom. The van der Waals surface area contributed by atoms with Gasteiger partial charge in [0.1, 0.15) is 0 Å². The van der Waals surface area contributed by atoms with Crippen LogP contribution in [-0.4, -0.2) is 33.0 Å². The van der Waals surface area contributed by atoms with Crippen molar-refractivity contribution in [2.45, 2.75) is 55.8 Å². The molecule has 1 aromatic heterocycles. The summed E-state index contributed by atoms with van der Waals surface area (Å²) in [5.41, 5.74) is 1.68. The molecule has 2 atom stereocenters. The summed E-state index contributed by atoms with van der Waals surface area (Å²) in [4.78, 5) is 31.7. The van der Waals surface area contributed by atoms with Gasteiger partial charge in [-0.05, 0) is 63.1 Å². The Bertz CT molecular complexity index is 791. The largest absolute Gasteiger partial charge is 0.330 e. The molecule has 3 rings (SSSR count). The van der Waals surface area contributed by atoms with E-state index in [1.807, 2.05) is 54.3 Å². The summed E-state index contributed by atoms with van der Waals surface area (Å²) in [6, 6.07) is 13.7. The maximum absolute atomic E-state index is 13.2. The number of carbonyl (C=O) groups is 2. The van der Waals surface area contributed by atoms with Crippen LogP contribution in [0.5, 0.6) is 0 Å². The Kier molecular flexibility index (Phi) is 6.16. The lowest BCUT2D eigenvalue weighted by Crippen LogP contribution is -2.40. The van der Waals surface area contributed by atoms with Crippen molar-refractivity contribution < 1.29 is 9.59 Å². The highest BCUT2D eigenvalue weighted by Gasteiger charge is 2.38. The first-order valence-electron chi connectivity index (χ1n) is 9.23. The van der Waals surface area contributed by atoms with Gasteiger partial charge in [-0.1, -0.05) is 6.07 Å². The number of amides is 2. The number of thioether (sulfide) groups is 1. The zero-order chi connectivity index (χ0) is 19.4. The summed E-state index contributed by atoms with van der Waals surface area (Å²) in [6.07, 6.45) is 3.90. The predicted molar refractivity (Wildman–Crippen MR) is 109 cm³/mol. The number of hydrogen-bond acceptors (Lipinski definition) is 4. The Morgan fingerprint density at radius 3 is 2.41 bits per heavy atom. The maximum Gasteiger partial charge on any atom is 0.236 e. The van der Waals surface area contributed by atoms with Crippen molar-refractivity contribution in [3.63, 3.8) is 0 Å². The molecule has 0 saturated heterocycles. The van der Waals surface area contributed by atoms with E-state index in [0.717, 1.165) is 29.1 Å². The molecule has 142 valence electrons. The van der Waals surface area contributed by atoms with Crippen molar-refractivity contribution in [3.8, 4) is 0 Å². The van der Waals surface area contributed by atoms with Crippen molar-refractivity contribution in [1.82, 2.24) is 9.88 Å². The van der Waals surface area contributed by atoms with Crippen molar-refractivity contribution in [1.29, 1.82) is 0 Å². The van der Waals surface area contributed by atoms with Crippen LogP contribution in [0.15, 0.2) is 53.6 Å². The van der Waals surface area contributed by atoms with Gasteiger partial charge >= 0.3 is 0 Å². The molecule has 1 fully saturated rings. The number of benzene rings is 1. The molecule has 2 unspecified atom stereocenters. The minimum Gasteiger partial charge on any atom is -0.330 e. The first-order valence-corrected chi connectivity index (χ1v) is 10.1. The van der Waals surface area contributed by atoms with E-state index in [1.54, 1.807) is 18.0 Å². The number of carbonyl (C=O) groups excluding carboxylic acids is 2. The second kappa shape index (κ2) is 8.57. The molecule has 0 aliphatic heterocycles. The number of rotatable bonds is 7. The second-order valence-corrected chi connectivity index (χ2v) is 8.29. The Morgan fingerprint density at radius 2 is 1.85 bits per heavy atom. The lowest BCUT2D eigenvalue weighted by molar-refractivity contribution is -0.133. The minimum absolute atomic E-state index is 0.0311. The number of anilines is 1. The first-order chi connectivity index (χ1) is 13.0. The van der Waals surface area contributed by atoms with Gasteiger partial charge in [0.15, 0.2) is 0 Å². The van der Waals surface area contributed by atoms with Gasteiger partial charge in [-0.25, -0.2) is 0 Å². The fourth-order valence-electron chi connectivity index (χ4n) is 3.09. The lowest BCUT2D eigenvalue weighted by atomic mass is 10.1. The predicted octanol–water partition coefficient (Wildman–Crippen LogP) is 4.27. The molecule has 1 N–H and O–H groups in total. The SMILES string of the molecule is CC(=O)Nc1ccc(SC(C)C(=O)N(C2CC2)C(C)c2ccccn2)cc1. The molecule has 1 aliphatic rings. The molecule has 1 heterocycles. The number of nitrogens with zero attached hydrogens (tertiary/aromatic N) is 2. The third-order valence-corrected chi connectivity index (χ3v) is 5.66. The quantitative estimate of drug-likeness (QED) is 0.725. The van der Waals surface area contributed by atoms with Crippen LogP contribution in [0.25, 0.3) is 0 Å². The molecule has 27 heavy (non-hydrogen) atoms. The van der Waals surface area contributed by atoms with E-state index in [4.69, 9.17) is 0 Å². The number of hydrogen-bond donors (Lipinski definition) is 1. The third-order valence-electron chi connectivity index (χ3n) is 4.56. The average Bonchev–Trinajstić information content (AvgIpc) is 3.48. The van der Waals surface area contributed by atoms with Gasteiger partial charge in [0, 0.05) is 29.7 Å². The van der Waals surface area contributed by atoms with Crippen LogP contribution in [0.2, 0.25) is 0 Å². The molecule has 6 heteroatoms. The van der Waals surface area contributed by atoms with Gasteiger partial charge in [-0.3, -0.25) is 14.6 Å². The monoisotopic (exact) mass is 383 g/mol. The molecule has 5 nitrogen and oxygen atoms in total. The van der Waals surface area contributed by atoms with Crippen LogP contribution in [0.1, 0.15) is 45.3 Å². The van der Waals surface area contributed by atoms with E-state index in [0.29, 0.717) is 6.04 Å². The van der Waals surface area contributed by atoms with Gasteiger partial charge in [0.05, 0.1) is 17.0 Å². The first kappa shape index (κ1) is 19.4. The van der Waals surface area contributed by atoms with Crippen LogP contribution < -0.4 is 5.32 Å². The number of nitrogens with one attached hydrogen (secondary N) is 1. The highest BCUT2D eigenvalue weighted by molar-refractivity contribution is 8.00. The topological polar surface area (TPSA) is 62.3 Å². The fraction of sp³-hybridized carbons (Fsp3) is 0.381. The fourth-order valence-corrected chi connectivity index (χ4v) is 4.01. The summed E-state index contributed by atoms with van der Waals surface area (Å²) in [7, 11) is 0. The van der Waals surface area contributed by atoms with Crippen molar-refractivity contribution in [2.75, 3.05) is 5.32 Å². The smallest absolute Gasteiger partial charge is 0.236 e. The Labute approximate surface area is 164 Å². The molecular formula is C21H25N3O2S. The van der Waals surface area contributed by atoms with Crippen LogP contribution in [-0.2, 0) is 9.59 Å². The van der Waals surface area contributed by atoms with Gasteiger partial charge < -0.3 is 10.2 Å².